The summed E-state index contributed by atoms with van der Waals surface area (Å²) in [4.78, 5) is 25.7. The summed E-state index contributed by atoms with van der Waals surface area (Å²) in [6.07, 6.45) is 0. The molecule has 5 nitrogen and oxygen atoms in total. The Morgan fingerprint density at radius 3 is 2.65 bits per heavy atom. The largest absolute Gasteiger partial charge is 0.494 e. The van der Waals surface area contributed by atoms with Crippen molar-refractivity contribution in [1.29, 1.82) is 0 Å². The highest BCUT2D eigenvalue weighted by Crippen LogP contribution is 2.24. The Kier molecular flexibility index (Phi) is 3.74. The summed E-state index contributed by atoms with van der Waals surface area (Å²) in [5.41, 5.74) is -1.30. The molecule has 0 unspecified atom stereocenters. The van der Waals surface area contributed by atoms with Crippen LogP contribution < -0.4 is 11.2 Å². The topological polar surface area (TPSA) is 75.1 Å². The Morgan fingerprint density at radius 1 is 1.35 bits per heavy atom. The number of benzene rings is 1. The summed E-state index contributed by atoms with van der Waals surface area (Å²) in [6, 6.07) is 5.30. The molecule has 0 fully saturated rings. The molecule has 0 aliphatic rings. The monoisotopic (exact) mass is 278 g/mol. The first-order valence-electron chi connectivity index (χ1n) is 6.22. The van der Waals surface area contributed by atoms with Crippen LogP contribution in [0.25, 0.3) is 11.1 Å². The molecule has 2 aromatic rings. The number of H-pyrrole nitrogens is 1. The maximum atomic E-state index is 13.2. The second kappa shape index (κ2) is 5.32. The van der Waals surface area contributed by atoms with Crippen molar-refractivity contribution in [1.82, 2.24) is 9.55 Å². The zero-order chi connectivity index (χ0) is 14.9. The maximum Gasteiger partial charge on any atom is 0.331 e. The predicted molar refractivity (Wildman–Crippen MR) is 73.2 cm³/mol. The first-order chi connectivity index (χ1) is 9.40. The number of aromatic hydroxyl groups is 1. The molecule has 0 saturated carbocycles. The van der Waals surface area contributed by atoms with Crippen molar-refractivity contribution >= 4 is 0 Å². The molecular weight excluding hydrogens is 263 g/mol. The highest BCUT2D eigenvalue weighted by atomic mass is 19.1. The number of aromatic amines is 1. The average Bonchev–Trinajstić information content (AvgIpc) is 2.34. The number of rotatable bonds is 3. The molecule has 0 aliphatic heterocycles. The molecule has 6 heteroatoms. The standard InChI is InChI=1S/C14H15FN2O3/c1-8(2)7-17-13(19)11(12(18)16-14(17)20)9-4-3-5-10(15)6-9/h3-6,8,19H,7H2,1-2H3,(H,16,18,20). The summed E-state index contributed by atoms with van der Waals surface area (Å²) >= 11 is 0. The summed E-state index contributed by atoms with van der Waals surface area (Å²) in [7, 11) is 0. The van der Waals surface area contributed by atoms with Crippen LogP contribution in [0.3, 0.4) is 0 Å². The van der Waals surface area contributed by atoms with Crippen LogP contribution in [0.15, 0.2) is 33.9 Å². The Balaban J connectivity index is 2.71. The van der Waals surface area contributed by atoms with Crippen LogP contribution in [-0.2, 0) is 6.54 Å². The lowest BCUT2D eigenvalue weighted by atomic mass is 10.1. The first-order valence-corrected chi connectivity index (χ1v) is 6.22. The van der Waals surface area contributed by atoms with Gasteiger partial charge in [-0.2, -0.15) is 0 Å². The Labute approximate surface area is 114 Å². The molecule has 1 aromatic heterocycles. The fourth-order valence-electron chi connectivity index (χ4n) is 2.00. The molecule has 2 rings (SSSR count). The van der Waals surface area contributed by atoms with Crippen molar-refractivity contribution in [2.75, 3.05) is 0 Å². The van der Waals surface area contributed by atoms with Crippen LogP contribution in [-0.4, -0.2) is 14.7 Å². The van der Waals surface area contributed by atoms with Crippen molar-refractivity contribution < 1.29 is 9.50 Å². The number of aromatic nitrogens is 2. The van der Waals surface area contributed by atoms with Crippen molar-refractivity contribution in [3.63, 3.8) is 0 Å². The van der Waals surface area contributed by atoms with Crippen LogP contribution >= 0.6 is 0 Å². The van der Waals surface area contributed by atoms with E-state index in [2.05, 4.69) is 4.98 Å². The molecule has 0 spiro atoms. The van der Waals surface area contributed by atoms with Crippen molar-refractivity contribution in [2.45, 2.75) is 20.4 Å². The minimum atomic E-state index is -0.738. The van der Waals surface area contributed by atoms with E-state index in [1.54, 1.807) is 0 Å². The Bertz CT molecular complexity index is 747. The fraction of sp³-hybridized carbons (Fsp3) is 0.286. The van der Waals surface area contributed by atoms with E-state index >= 15 is 0 Å². The van der Waals surface area contributed by atoms with Gasteiger partial charge in [0.25, 0.3) is 5.56 Å². The highest BCUT2D eigenvalue weighted by molar-refractivity contribution is 5.67. The van der Waals surface area contributed by atoms with E-state index in [4.69, 9.17) is 0 Å². The second-order valence-electron chi connectivity index (χ2n) is 4.97. The van der Waals surface area contributed by atoms with E-state index in [9.17, 15) is 19.1 Å². The molecule has 0 bridgehead atoms. The normalized spacial score (nSPS) is 11.0. The molecule has 0 aliphatic carbocycles. The number of hydrogen-bond donors (Lipinski definition) is 2. The summed E-state index contributed by atoms with van der Waals surface area (Å²) < 4.78 is 14.3. The van der Waals surface area contributed by atoms with E-state index in [-0.39, 0.29) is 23.6 Å². The third kappa shape index (κ3) is 2.64. The van der Waals surface area contributed by atoms with Gasteiger partial charge in [0.1, 0.15) is 11.4 Å². The van der Waals surface area contributed by atoms with Crippen molar-refractivity contribution in [3.05, 3.63) is 50.9 Å². The summed E-state index contributed by atoms with van der Waals surface area (Å²) in [5, 5.41) is 10.2. The molecular formula is C14H15FN2O3. The minimum absolute atomic E-state index is 0.102. The second-order valence-corrected chi connectivity index (χ2v) is 4.97. The van der Waals surface area contributed by atoms with Crippen molar-refractivity contribution in [3.8, 4) is 17.0 Å². The van der Waals surface area contributed by atoms with Gasteiger partial charge in [0.15, 0.2) is 0 Å². The summed E-state index contributed by atoms with van der Waals surface area (Å²) in [6.45, 7) is 4.00. The molecule has 0 radical (unpaired) electrons. The minimum Gasteiger partial charge on any atom is -0.494 e. The lowest BCUT2D eigenvalue weighted by Crippen LogP contribution is -2.32. The molecule has 0 saturated heterocycles. The van der Waals surface area contributed by atoms with Gasteiger partial charge in [-0.15, -0.1) is 0 Å². The Hall–Kier alpha value is -2.37. The molecule has 106 valence electrons. The van der Waals surface area contributed by atoms with E-state index in [1.807, 2.05) is 13.8 Å². The van der Waals surface area contributed by atoms with E-state index in [1.165, 1.54) is 18.2 Å². The third-order valence-electron chi connectivity index (χ3n) is 2.83. The van der Waals surface area contributed by atoms with Gasteiger partial charge in [-0.3, -0.25) is 14.3 Å². The van der Waals surface area contributed by atoms with Gasteiger partial charge in [0.05, 0.1) is 0 Å². The van der Waals surface area contributed by atoms with Crippen LogP contribution in [0.5, 0.6) is 5.88 Å². The Morgan fingerprint density at radius 2 is 2.05 bits per heavy atom. The lowest BCUT2D eigenvalue weighted by molar-refractivity contribution is 0.378. The first kappa shape index (κ1) is 14.0. The van der Waals surface area contributed by atoms with Crippen LogP contribution in [0.2, 0.25) is 0 Å². The SMILES string of the molecule is CC(C)Cn1c(O)c(-c2cccc(F)c2)c(=O)[nH]c1=O. The number of hydrogen-bond acceptors (Lipinski definition) is 3. The zero-order valence-electron chi connectivity index (χ0n) is 11.2. The van der Waals surface area contributed by atoms with Gasteiger partial charge in [-0.25, -0.2) is 9.18 Å². The van der Waals surface area contributed by atoms with Gasteiger partial charge in [-0.1, -0.05) is 26.0 Å². The molecule has 1 aromatic carbocycles. The number of halogens is 1. The third-order valence-corrected chi connectivity index (χ3v) is 2.83. The van der Waals surface area contributed by atoms with E-state index in [0.717, 1.165) is 10.6 Å². The van der Waals surface area contributed by atoms with Crippen LogP contribution in [0.1, 0.15) is 13.8 Å². The quantitative estimate of drug-likeness (QED) is 0.897. The lowest BCUT2D eigenvalue weighted by Gasteiger charge is -2.13. The fourth-order valence-corrected chi connectivity index (χ4v) is 2.00. The molecule has 20 heavy (non-hydrogen) atoms. The van der Waals surface area contributed by atoms with Gasteiger partial charge in [0.2, 0.25) is 5.88 Å². The van der Waals surface area contributed by atoms with E-state index < -0.39 is 22.9 Å². The maximum absolute atomic E-state index is 13.2. The molecule has 1 heterocycles. The molecule has 0 atom stereocenters. The predicted octanol–water partition coefficient (Wildman–Crippen LogP) is 1.70. The number of nitrogens with one attached hydrogen (secondary N) is 1. The van der Waals surface area contributed by atoms with Crippen molar-refractivity contribution in [2.24, 2.45) is 5.92 Å². The van der Waals surface area contributed by atoms with Gasteiger partial charge in [0, 0.05) is 6.54 Å². The highest BCUT2D eigenvalue weighted by Gasteiger charge is 2.16. The zero-order valence-corrected chi connectivity index (χ0v) is 11.2. The van der Waals surface area contributed by atoms with Crippen LogP contribution in [0, 0.1) is 11.7 Å². The average molecular weight is 278 g/mol. The molecule has 2 N–H and O–H groups in total. The van der Waals surface area contributed by atoms with Gasteiger partial charge >= 0.3 is 5.69 Å². The van der Waals surface area contributed by atoms with Crippen LogP contribution in [0.4, 0.5) is 4.39 Å². The molecule has 0 amide bonds. The summed E-state index contributed by atoms with van der Waals surface area (Å²) in [5.74, 6) is -0.870. The van der Waals surface area contributed by atoms with Gasteiger partial charge in [-0.05, 0) is 23.6 Å². The van der Waals surface area contributed by atoms with Gasteiger partial charge < -0.3 is 5.11 Å². The van der Waals surface area contributed by atoms with E-state index in [0.29, 0.717) is 0 Å². The smallest absolute Gasteiger partial charge is 0.331 e. The number of nitrogens with zero attached hydrogens (tertiary/aromatic N) is 1.